The molecule has 0 bridgehead atoms. The van der Waals surface area contributed by atoms with Crippen molar-refractivity contribution in [1.29, 1.82) is 0 Å². The molecule has 20 heavy (non-hydrogen) atoms. The Kier molecular flexibility index (Phi) is 4.36. The second kappa shape index (κ2) is 5.71. The predicted octanol–water partition coefficient (Wildman–Crippen LogP) is 3.80. The van der Waals surface area contributed by atoms with Crippen LogP contribution in [0.25, 0.3) is 0 Å². The fourth-order valence-electron chi connectivity index (χ4n) is 1.70. The van der Waals surface area contributed by atoms with E-state index in [1.165, 1.54) is 36.4 Å². The smallest absolute Gasteiger partial charge is 0.184 e. The summed E-state index contributed by atoms with van der Waals surface area (Å²) in [7, 11) is -3.66. The maximum atomic E-state index is 13.0. The van der Waals surface area contributed by atoms with Gasteiger partial charge in [-0.15, -0.1) is 0 Å². The molecule has 0 saturated carbocycles. The molecule has 0 aliphatic rings. The van der Waals surface area contributed by atoms with Crippen LogP contribution in [-0.4, -0.2) is 8.42 Å². The third-order valence-electron chi connectivity index (χ3n) is 2.67. The molecule has 2 rings (SSSR count). The number of sulfone groups is 1. The number of hydrogen-bond acceptors (Lipinski definition) is 3. The third kappa shape index (κ3) is 3.31. The van der Waals surface area contributed by atoms with Crippen molar-refractivity contribution >= 4 is 43.1 Å². The Labute approximate surface area is 129 Å². The zero-order valence-corrected chi connectivity index (χ0v) is 13.3. The Bertz CT molecular complexity index is 765. The van der Waals surface area contributed by atoms with Crippen LogP contribution in [-0.2, 0) is 15.6 Å². The van der Waals surface area contributed by atoms with Gasteiger partial charge < -0.3 is 5.73 Å². The number of hydrogen-bond donors (Lipinski definition) is 1. The third-order valence-corrected chi connectivity index (χ3v) is 5.36. The van der Waals surface area contributed by atoms with E-state index in [0.717, 1.165) is 0 Å². The van der Waals surface area contributed by atoms with Crippen molar-refractivity contribution in [3.05, 3.63) is 57.3 Å². The summed E-state index contributed by atoms with van der Waals surface area (Å²) in [6.45, 7) is 0. The summed E-state index contributed by atoms with van der Waals surface area (Å²) in [5, 5.41) is 0.288. The molecule has 0 radical (unpaired) electrons. The van der Waals surface area contributed by atoms with Crippen LogP contribution in [0.5, 0.6) is 0 Å². The summed E-state index contributed by atoms with van der Waals surface area (Å²) in [5.41, 5.74) is 6.26. The lowest BCUT2D eigenvalue weighted by Crippen LogP contribution is -2.08. The predicted molar refractivity (Wildman–Crippen MR) is 80.9 cm³/mol. The number of nitrogens with two attached hydrogens (primary N) is 1. The number of halogens is 3. The maximum absolute atomic E-state index is 13.0. The fourth-order valence-corrected chi connectivity index (χ4v) is 4.16. The molecular formula is C13H10BrClFNO2S. The Balaban J connectivity index is 2.43. The summed E-state index contributed by atoms with van der Waals surface area (Å²) in [6.07, 6.45) is 0. The van der Waals surface area contributed by atoms with E-state index in [-0.39, 0.29) is 21.4 Å². The summed E-state index contributed by atoms with van der Waals surface area (Å²) in [4.78, 5) is -0.0266. The van der Waals surface area contributed by atoms with Crippen LogP contribution in [0, 0.1) is 5.82 Å². The van der Waals surface area contributed by atoms with E-state index in [4.69, 9.17) is 17.3 Å². The van der Waals surface area contributed by atoms with Crippen LogP contribution in [0.15, 0.2) is 45.8 Å². The minimum atomic E-state index is -3.66. The Morgan fingerprint density at radius 2 is 1.90 bits per heavy atom. The van der Waals surface area contributed by atoms with E-state index >= 15 is 0 Å². The summed E-state index contributed by atoms with van der Waals surface area (Å²) in [5.74, 6) is -0.737. The Morgan fingerprint density at radius 1 is 1.20 bits per heavy atom. The van der Waals surface area contributed by atoms with E-state index in [9.17, 15) is 12.8 Å². The lowest BCUT2D eigenvalue weighted by molar-refractivity contribution is 0.595. The first kappa shape index (κ1) is 15.3. The number of benzene rings is 2. The van der Waals surface area contributed by atoms with Gasteiger partial charge in [-0.25, -0.2) is 12.8 Å². The molecule has 0 spiro atoms. The van der Waals surface area contributed by atoms with E-state index in [1.54, 1.807) is 0 Å². The summed E-state index contributed by atoms with van der Waals surface area (Å²) < 4.78 is 38.1. The first-order valence-corrected chi connectivity index (χ1v) is 8.33. The summed E-state index contributed by atoms with van der Waals surface area (Å²) >= 11 is 8.94. The molecule has 106 valence electrons. The van der Waals surface area contributed by atoms with Gasteiger partial charge in [-0.05, 0) is 35.9 Å². The maximum Gasteiger partial charge on any atom is 0.184 e. The SMILES string of the molecule is Nc1ccc(Cl)cc1S(=O)(=O)Cc1ccc(F)cc1Br. The van der Waals surface area contributed by atoms with Crippen molar-refractivity contribution in [2.75, 3.05) is 5.73 Å². The van der Waals surface area contributed by atoms with Gasteiger partial charge in [0.15, 0.2) is 9.84 Å². The quantitative estimate of drug-likeness (QED) is 0.827. The monoisotopic (exact) mass is 377 g/mol. The molecule has 0 unspecified atom stereocenters. The molecule has 0 aliphatic carbocycles. The molecule has 7 heteroatoms. The van der Waals surface area contributed by atoms with Gasteiger partial charge in [0, 0.05) is 9.50 Å². The van der Waals surface area contributed by atoms with Gasteiger partial charge in [0.05, 0.1) is 16.3 Å². The molecule has 3 nitrogen and oxygen atoms in total. The Morgan fingerprint density at radius 3 is 2.55 bits per heavy atom. The zero-order valence-electron chi connectivity index (χ0n) is 10.1. The highest BCUT2D eigenvalue weighted by molar-refractivity contribution is 9.10. The average Bonchev–Trinajstić information content (AvgIpc) is 2.35. The second-order valence-electron chi connectivity index (χ2n) is 4.18. The van der Waals surface area contributed by atoms with Crippen LogP contribution < -0.4 is 5.73 Å². The molecule has 0 amide bonds. The van der Waals surface area contributed by atoms with E-state index < -0.39 is 15.7 Å². The molecule has 0 saturated heterocycles. The molecule has 0 atom stereocenters. The highest BCUT2D eigenvalue weighted by atomic mass is 79.9. The average molecular weight is 379 g/mol. The van der Waals surface area contributed by atoms with Crippen molar-refractivity contribution in [2.45, 2.75) is 10.6 Å². The van der Waals surface area contributed by atoms with E-state index in [0.29, 0.717) is 10.0 Å². The Hall–Kier alpha value is -1.11. The highest BCUT2D eigenvalue weighted by Crippen LogP contribution is 2.28. The van der Waals surface area contributed by atoms with E-state index in [1.807, 2.05) is 0 Å². The second-order valence-corrected chi connectivity index (χ2v) is 7.43. The number of nitrogen functional groups attached to an aromatic ring is 1. The van der Waals surface area contributed by atoms with Gasteiger partial charge in [0.25, 0.3) is 0 Å². The van der Waals surface area contributed by atoms with Crippen molar-refractivity contribution in [2.24, 2.45) is 0 Å². The standard InChI is InChI=1S/C13H10BrClFNO2S/c14-11-6-10(16)3-1-8(11)7-20(18,19)13-5-9(15)2-4-12(13)17/h1-6H,7,17H2. The van der Waals surface area contributed by atoms with Gasteiger partial charge in [-0.2, -0.15) is 0 Å². The molecule has 0 aromatic heterocycles. The number of anilines is 1. The van der Waals surface area contributed by atoms with Gasteiger partial charge in [0.2, 0.25) is 0 Å². The molecule has 0 heterocycles. The minimum Gasteiger partial charge on any atom is -0.398 e. The topological polar surface area (TPSA) is 60.2 Å². The highest BCUT2D eigenvalue weighted by Gasteiger charge is 2.20. The van der Waals surface area contributed by atoms with E-state index in [2.05, 4.69) is 15.9 Å². The van der Waals surface area contributed by atoms with Crippen molar-refractivity contribution in [3.8, 4) is 0 Å². The largest absolute Gasteiger partial charge is 0.398 e. The molecule has 2 aromatic carbocycles. The van der Waals surface area contributed by atoms with Gasteiger partial charge >= 0.3 is 0 Å². The van der Waals surface area contributed by atoms with Gasteiger partial charge in [-0.3, -0.25) is 0 Å². The van der Waals surface area contributed by atoms with Crippen molar-refractivity contribution < 1.29 is 12.8 Å². The molecule has 2 aromatic rings. The van der Waals surface area contributed by atoms with Gasteiger partial charge in [-0.1, -0.05) is 33.6 Å². The van der Waals surface area contributed by atoms with Crippen LogP contribution in [0.1, 0.15) is 5.56 Å². The lowest BCUT2D eigenvalue weighted by atomic mass is 10.2. The summed E-state index contributed by atoms with van der Waals surface area (Å²) in [6, 6.07) is 8.10. The van der Waals surface area contributed by atoms with Gasteiger partial charge in [0.1, 0.15) is 5.82 Å². The minimum absolute atomic E-state index is 0.0266. The van der Waals surface area contributed by atoms with Crippen LogP contribution >= 0.6 is 27.5 Å². The van der Waals surface area contributed by atoms with Crippen molar-refractivity contribution in [1.82, 2.24) is 0 Å². The molecule has 0 fully saturated rings. The van der Waals surface area contributed by atoms with Crippen LogP contribution in [0.2, 0.25) is 5.02 Å². The lowest BCUT2D eigenvalue weighted by Gasteiger charge is -2.09. The normalized spacial score (nSPS) is 11.6. The fraction of sp³-hybridized carbons (Fsp3) is 0.0769. The first-order valence-electron chi connectivity index (χ1n) is 5.51. The zero-order chi connectivity index (χ0) is 14.9. The number of rotatable bonds is 3. The van der Waals surface area contributed by atoms with Crippen LogP contribution in [0.4, 0.5) is 10.1 Å². The first-order chi connectivity index (χ1) is 9.29. The molecular weight excluding hydrogens is 369 g/mol. The van der Waals surface area contributed by atoms with Crippen LogP contribution in [0.3, 0.4) is 0 Å². The molecule has 0 aliphatic heterocycles. The van der Waals surface area contributed by atoms with Crippen molar-refractivity contribution in [3.63, 3.8) is 0 Å². The molecule has 2 N–H and O–H groups in total.